The first kappa shape index (κ1) is 10.2. The average Bonchev–Trinajstić information content (AvgIpc) is 2.89. The highest BCUT2D eigenvalue weighted by atomic mass is 19.1. The summed E-state index contributed by atoms with van der Waals surface area (Å²) in [6.07, 6.45) is 3.52. The molecule has 0 spiro atoms. The van der Waals surface area contributed by atoms with Gasteiger partial charge in [-0.05, 0) is 31.4 Å². The molecule has 86 valence electrons. The largest absolute Gasteiger partial charge is 0.296 e. The summed E-state index contributed by atoms with van der Waals surface area (Å²) < 4.78 is 15.1. The Morgan fingerprint density at radius 1 is 1.29 bits per heavy atom. The Bertz CT molecular complexity index is 589. The Morgan fingerprint density at radius 2 is 2.12 bits per heavy atom. The van der Waals surface area contributed by atoms with Crippen molar-refractivity contribution >= 4 is 6.29 Å². The second-order valence-corrected chi connectivity index (χ2v) is 4.15. The number of rotatable bonds is 2. The van der Waals surface area contributed by atoms with E-state index in [-0.39, 0.29) is 5.82 Å². The topological polar surface area (TPSA) is 34.9 Å². The van der Waals surface area contributed by atoms with E-state index in [0.717, 1.165) is 36.8 Å². The van der Waals surface area contributed by atoms with Crippen molar-refractivity contribution in [2.75, 3.05) is 0 Å². The van der Waals surface area contributed by atoms with Crippen LogP contribution in [0.15, 0.2) is 24.3 Å². The van der Waals surface area contributed by atoms with Gasteiger partial charge in [-0.1, -0.05) is 12.1 Å². The van der Waals surface area contributed by atoms with Crippen LogP contribution in [0.4, 0.5) is 4.39 Å². The minimum absolute atomic E-state index is 0.337. The molecule has 1 aliphatic rings. The van der Waals surface area contributed by atoms with Gasteiger partial charge in [-0.25, -0.2) is 9.07 Å². The van der Waals surface area contributed by atoms with Crippen LogP contribution in [0, 0.1) is 5.82 Å². The summed E-state index contributed by atoms with van der Waals surface area (Å²) in [5, 5.41) is 4.34. The number of benzene rings is 1. The van der Waals surface area contributed by atoms with Gasteiger partial charge in [0.05, 0.1) is 5.69 Å². The second-order valence-electron chi connectivity index (χ2n) is 4.15. The van der Waals surface area contributed by atoms with Gasteiger partial charge in [0.1, 0.15) is 17.2 Å². The van der Waals surface area contributed by atoms with Gasteiger partial charge < -0.3 is 0 Å². The number of hydrogen-bond donors (Lipinski definition) is 0. The third-order valence-electron chi connectivity index (χ3n) is 3.14. The lowest BCUT2D eigenvalue weighted by atomic mass is 10.2. The molecule has 1 aromatic heterocycles. The van der Waals surface area contributed by atoms with E-state index in [1.807, 2.05) is 0 Å². The molecule has 0 saturated carbocycles. The summed E-state index contributed by atoms with van der Waals surface area (Å²) in [7, 11) is 0. The fourth-order valence-corrected chi connectivity index (χ4v) is 2.34. The number of carbonyl (C=O) groups excluding carboxylic acids is 1. The molecular weight excluding hydrogens is 219 g/mol. The smallest absolute Gasteiger partial charge is 0.168 e. The zero-order valence-corrected chi connectivity index (χ0v) is 9.19. The van der Waals surface area contributed by atoms with Crippen LogP contribution in [0.25, 0.3) is 5.69 Å². The monoisotopic (exact) mass is 230 g/mol. The van der Waals surface area contributed by atoms with Gasteiger partial charge in [0.2, 0.25) is 0 Å². The van der Waals surface area contributed by atoms with Crippen molar-refractivity contribution in [1.29, 1.82) is 0 Å². The van der Waals surface area contributed by atoms with Crippen LogP contribution in [0.5, 0.6) is 0 Å². The first-order valence-electron chi connectivity index (χ1n) is 5.62. The molecule has 0 fully saturated rings. The number of halogens is 1. The van der Waals surface area contributed by atoms with E-state index in [4.69, 9.17) is 0 Å². The average molecular weight is 230 g/mol. The molecule has 4 heteroatoms. The number of aldehydes is 1. The molecule has 0 N–H and O–H groups in total. The quantitative estimate of drug-likeness (QED) is 0.742. The summed E-state index contributed by atoms with van der Waals surface area (Å²) in [6, 6.07) is 6.36. The van der Waals surface area contributed by atoms with E-state index >= 15 is 0 Å². The minimum atomic E-state index is -0.364. The molecule has 17 heavy (non-hydrogen) atoms. The number of para-hydroxylation sites is 1. The van der Waals surface area contributed by atoms with Crippen molar-refractivity contribution in [1.82, 2.24) is 9.78 Å². The minimum Gasteiger partial charge on any atom is -0.296 e. The number of nitrogens with zero attached hydrogens (tertiary/aromatic N) is 2. The molecule has 0 amide bonds. The van der Waals surface area contributed by atoms with Gasteiger partial charge in [-0.3, -0.25) is 4.79 Å². The molecule has 0 atom stereocenters. The Hall–Kier alpha value is -1.97. The summed E-state index contributed by atoms with van der Waals surface area (Å²) in [5.74, 6) is -0.364. The van der Waals surface area contributed by atoms with Crippen LogP contribution in [0.2, 0.25) is 0 Å². The maximum Gasteiger partial charge on any atom is 0.168 e. The first-order valence-corrected chi connectivity index (χ1v) is 5.62. The zero-order valence-electron chi connectivity index (χ0n) is 9.19. The van der Waals surface area contributed by atoms with Gasteiger partial charge >= 0.3 is 0 Å². The number of aromatic nitrogens is 2. The molecule has 0 saturated heterocycles. The molecule has 2 aromatic rings. The SMILES string of the molecule is O=Cc1c2c(nn1-c1ccccc1F)CCC2. The van der Waals surface area contributed by atoms with Crippen LogP contribution in [0.3, 0.4) is 0 Å². The molecule has 1 aliphatic carbocycles. The van der Waals surface area contributed by atoms with Gasteiger partial charge in [0.15, 0.2) is 6.29 Å². The lowest BCUT2D eigenvalue weighted by Crippen LogP contribution is -2.05. The van der Waals surface area contributed by atoms with Gasteiger partial charge in [0, 0.05) is 5.56 Å². The van der Waals surface area contributed by atoms with Crippen LogP contribution >= 0.6 is 0 Å². The van der Waals surface area contributed by atoms with Crippen molar-refractivity contribution in [3.05, 3.63) is 47.0 Å². The molecule has 1 heterocycles. The Morgan fingerprint density at radius 3 is 2.88 bits per heavy atom. The maximum atomic E-state index is 13.7. The van der Waals surface area contributed by atoms with Crippen molar-refractivity contribution in [3.8, 4) is 5.69 Å². The molecule has 1 aromatic carbocycles. The van der Waals surface area contributed by atoms with Gasteiger partial charge in [0.25, 0.3) is 0 Å². The Kier molecular flexibility index (Phi) is 2.28. The maximum absolute atomic E-state index is 13.7. The summed E-state index contributed by atoms with van der Waals surface area (Å²) in [6.45, 7) is 0. The van der Waals surface area contributed by atoms with E-state index in [2.05, 4.69) is 5.10 Å². The highest BCUT2D eigenvalue weighted by Crippen LogP contribution is 2.26. The Labute approximate surface area is 97.9 Å². The van der Waals surface area contributed by atoms with Gasteiger partial charge in [-0.2, -0.15) is 5.10 Å². The normalized spacial score (nSPS) is 13.7. The number of carbonyl (C=O) groups is 1. The predicted octanol–water partition coefficient (Wildman–Crippen LogP) is 2.31. The third kappa shape index (κ3) is 1.48. The molecule has 3 nitrogen and oxygen atoms in total. The standard InChI is InChI=1S/C13H11FN2O/c14-10-5-1-2-7-12(10)16-13(8-17)9-4-3-6-11(9)15-16/h1-2,5,7-8H,3-4,6H2. The fraction of sp³-hybridized carbons (Fsp3) is 0.231. The van der Waals surface area contributed by atoms with Crippen molar-refractivity contribution in [2.45, 2.75) is 19.3 Å². The van der Waals surface area contributed by atoms with Crippen LogP contribution < -0.4 is 0 Å². The Balaban J connectivity index is 2.22. The third-order valence-corrected chi connectivity index (χ3v) is 3.14. The van der Waals surface area contributed by atoms with E-state index in [0.29, 0.717) is 11.4 Å². The lowest BCUT2D eigenvalue weighted by molar-refractivity contribution is 0.111. The van der Waals surface area contributed by atoms with Crippen LogP contribution in [-0.4, -0.2) is 16.1 Å². The fourth-order valence-electron chi connectivity index (χ4n) is 2.34. The van der Waals surface area contributed by atoms with E-state index in [9.17, 15) is 9.18 Å². The predicted molar refractivity (Wildman–Crippen MR) is 60.9 cm³/mol. The molecular formula is C13H11FN2O. The van der Waals surface area contributed by atoms with E-state index < -0.39 is 0 Å². The van der Waals surface area contributed by atoms with Gasteiger partial charge in [-0.15, -0.1) is 0 Å². The van der Waals surface area contributed by atoms with Crippen molar-refractivity contribution < 1.29 is 9.18 Å². The molecule has 0 aliphatic heterocycles. The summed E-state index contributed by atoms with van der Waals surface area (Å²) in [4.78, 5) is 11.1. The van der Waals surface area contributed by atoms with E-state index in [1.165, 1.54) is 10.7 Å². The first-order chi connectivity index (χ1) is 8.31. The zero-order chi connectivity index (χ0) is 11.8. The van der Waals surface area contributed by atoms with Crippen LogP contribution in [-0.2, 0) is 12.8 Å². The molecule has 0 radical (unpaired) electrons. The molecule has 3 rings (SSSR count). The van der Waals surface area contributed by atoms with Crippen molar-refractivity contribution in [2.24, 2.45) is 0 Å². The molecule has 0 unspecified atom stereocenters. The number of aryl methyl sites for hydroxylation is 1. The highest BCUT2D eigenvalue weighted by Gasteiger charge is 2.23. The van der Waals surface area contributed by atoms with Crippen molar-refractivity contribution in [3.63, 3.8) is 0 Å². The molecule has 0 bridgehead atoms. The summed E-state index contributed by atoms with van der Waals surface area (Å²) >= 11 is 0. The van der Waals surface area contributed by atoms with E-state index in [1.54, 1.807) is 18.2 Å². The lowest BCUT2D eigenvalue weighted by Gasteiger charge is -2.05. The number of fused-ring (bicyclic) bond motifs is 1. The van der Waals surface area contributed by atoms with Crippen LogP contribution in [0.1, 0.15) is 28.2 Å². The summed E-state index contributed by atoms with van der Waals surface area (Å²) in [5.41, 5.74) is 2.73. The second kappa shape index (κ2) is 3.80. The highest BCUT2D eigenvalue weighted by molar-refractivity contribution is 5.77. The number of hydrogen-bond acceptors (Lipinski definition) is 2.